The summed E-state index contributed by atoms with van der Waals surface area (Å²) in [6.07, 6.45) is 4.68. The lowest BCUT2D eigenvalue weighted by atomic mass is 10.1. The number of carbonyl (C=O) groups is 2. The molecule has 1 atom stereocenters. The molecule has 194 valence electrons. The van der Waals surface area contributed by atoms with Crippen molar-refractivity contribution in [3.05, 3.63) is 72.3 Å². The van der Waals surface area contributed by atoms with E-state index in [9.17, 15) is 18.0 Å². The summed E-state index contributed by atoms with van der Waals surface area (Å²) in [5.74, 6) is -0.300. The second-order valence-electron chi connectivity index (χ2n) is 9.99. The van der Waals surface area contributed by atoms with Crippen LogP contribution in [-0.4, -0.2) is 43.8 Å². The number of benzene rings is 3. The molecule has 0 saturated heterocycles. The quantitative estimate of drug-likeness (QED) is 0.448. The molecule has 1 aliphatic carbocycles. The summed E-state index contributed by atoms with van der Waals surface area (Å²) in [7, 11) is -3.66. The zero-order valence-corrected chi connectivity index (χ0v) is 21.9. The average molecular weight is 520 g/mol. The van der Waals surface area contributed by atoms with Gasteiger partial charge in [-0.3, -0.25) is 13.9 Å². The van der Waals surface area contributed by atoms with E-state index in [1.807, 2.05) is 54.6 Å². The zero-order chi connectivity index (χ0) is 26.0. The van der Waals surface area contributed by atoms with Gasteiger partial charge >= 0.3 is 0 Å². The van der Waals surface area contributed by atoms with Gasteiger partial charge in [0.2, 0.25) is 11.8 Å². The highest BCUT2D eigenvalue weighted by molar-refractivity contribution is 7.93. The van der Waals surface area contributed by atoms with Gasteiger partial charge < -0.3 is 10.2 Å². The molecule has 5 rings (SSSR count). The van der Waals surface area contributed by atoms with E-state index in [0.717, 1.165) is 42.0 Å². The third kappa shape index (κ3) is 5.07. The second kappa shape index (κ2) is 10.5. The number of nitrogens with zero attached hydrogens (tertiary/aromatic N) is 2. The highest BCUT2D eigenvalue weighted by Gasteiger charge is 2.35. The van der Waals surface area contributed by atoms with E-state index in [1.165, 1.54) is 4.31 Å². The second-order valence-corrected chi connectivity index (χ2v) is 11.8. The molecule has 37 heavy (non-hydrogen) atoms. The molecule has 1 unspecified atom stereocenters. The molecular weight excluding hydrogens is 486 g/mol. The highest BCUT2D eigenvalue weighted by Crippen LogP contribution is 2.42. The predicted molar refractivity (Wildman–Crippen MR) is 145 cm³/mol. The van der Waals surface area contributed by atoms with Crippen molar-refractivity contribution >= 4 is 38.3 Å². The van der Waals surface area contributed by atoms with Crippen LogP contribution in [0.4, 0.5) is 5.69 Å². The van der Waals surface area contributed by atoms with Gasteiger partial charge in [0.1, 0.15) is 6.04 Å². The summed E-state index contributed by atoms with van der Waals surface area (Å²) in [6, 6.07) is 20.1. The van der Waals surface area contributed by atoms with Gasteiger partial charge in [-0.2, -0.15) is 0 Å². The Morgan fingerprint density at radius 3 is 2.43 bits per heavy atom. The molecule has 7 nitrogen and oxygen atoms in total. The van der Waals surface area contributed by atoms with Gasteiger partial charge in [-0.25, -0.2) is 8.42 Å². The van der Waals surface area contributed by atoms with Crippen molar-refractivity contribution in [3.8, 4) is 0 Å². The first-order chi connectivity index (χ1) is 17.9. The highest BCUT2D eigenvalue weighted by atomic mass is 32.2. The zero-order valence-electron chi connectivity index (χ0n) is 21.1. The van der Waals surface area contributed by atoms with Crippen molar-refractivity contribution in [2.24, 2.45) is 0 Å². The lowest BCUT2D eigenvalue weighted by Gasteiger charge is -2.30. The van der Waals surface area contributed by atoms with Crippen molar-refractivity contribution in [2.45, 2.75) is 69.0 Å². The van der Waals surface area contributed by atoms with Crippen LogP contribution in [0.3, 0.4) is 0 Å². The molecule has 0 radical (unpaired) electrons. The van der Waals surface area contributed by atoms with Crippen LogP contribution in [0.1, 0.15) is 51.0 Å². The molecule has 2 amide bonds. The maximum atomic E-state index is 13.5. The number of anilines is 1. The number of rotatable bonds is 9. The number of hydrogen-bond donors (Lipinski definition) is 1. The first-order valence-electron chi connectivity index (χ1n) is 13.0. The van der Waals surface area contributed by atoms with Crippen molar-refractivity contribution in [1.82, 2.24) is 10.2 Å². The summed E-state index contributed by atoms with van der Waals surface area (Å²) in [5, 5.41) is 4.73. The third-order valence-corrected chi connectivity index (χ3v) is 9.35. The Morgan fingerprint density at radius 2 is 1.70 bits per heavy atom. The van der Waals surface area contributed by atoms with Gasteiger partial charge in [0.15, 0.2) is 0 Å². The van der Waals surface area contributed by atoms with E-state index in [2.05, 4.69) is 5.32 Å². The first kappa shape index (κ1) is 25.3. The first-order valence-corrected chi connectivity index (χ1v) is 14.5. The Kier molecular flexibility index (Phi) is 7.20. The van der Waals surface area contributed by atoms with Crippen LogP contribution in [-0.2, 0) is 26.2 Å². The van der Waals surface area contributed by atoms with Crippen molar-refractivity contribution < 1.29 is 18.0 Å². The monoisotopic (exact) mass is 519 g/mol. The predicted octanol–water partition coefficient (Wildman–Crippen LogP) is 4.60. The smallest absolute Gasteiger partial charge is 0.265 e. The number of amides is 2. The topological polar surface area (TPSA) is 86.8 Å². The van der Waals surface area contributed by atoms with Gasteiger partial charge in [-0.15, -0.1) is 0 Å². The summed E-state index contributed by atoms with van der Waals surface area (Å²) >= 11 is 0. The molecule has 3 aromatic carbocycles. The van der Waals surface area contributed by atoms with Gasteiger partial charge in [0, 0.05) is 30.9 Å². The molecule has 1 saturated carbocycles. The Hall–Kier alpha value is -3.39. The standard InChI is InChI=1S/C29H33N3O4S/c1-21(29(34)30-24-14-5-6-15-24)31(20-22-10-3-2-4-11-22)27(33)18-9-19-32-25-16-7-12-23-13-8-17-26(28(23)25)37(32,35)36/h2-4,7-8,10-13,16-17,21,24H,5-6,9,14-15,18-20H2,1H3,(H,30,34). The molecule has 1 fully saturated rings. The summed E-state index contributed by atoms with van der Waals surface area (Å²) in [4.78, 5) is 28.4. The van der Waals surface area contributed by atoms with Crippen LogP contribution in [0.2, 0.25) is 0 Å². The van der Waals surface area contributed by atoms with E-state index in [-0.39, 0.29) is 30.8 Å². The summed E-state index contributed by atoms with van der Waals surface area (Å²) in [5.41, 5.74) is 1.60. The minimum absolute atomic E-state index is 0.138. The van der Waals surface area contributed by atoms with Gasteiger partial charge in [-0.05, 0) is 49.3 Å². The number of sulfonamides is 1. The van der Waals surface area contributed by atoms with E-state index < -0.39 is 16.1 Å². The molecular formula is C29H33N3O4S. The van der Waals surface area contributed by atoms with Crippen LogP contribution in [0.25, 0.3) is 10.8 Å². The molecule has 1 N–H and O–H groups in total. The molecule has 0 aromatic heterocycles. The maximum Gasteiger partial charge on any atom is 0.265 e. The van der Waals surface area contributed by atoms with E-state index in [0.29, 0.717) is 23.5 Å². The third-order valence-electron chi connectivity index (χ3n) is 7.50. The largest absolute Gasteiger partial charge is 0.352 e. The van der Waals surface area contributed by atoms with Crippen molar-refractivity contribution in [2.75, 3.05) is 10.8 Å². The molecule has 2 aliphatic rings. The summed E-state index contributed by atoms with van der Waals surface area (Å²) < 4.78 is 27.9. The van der Waals surface area contributed by atoms with E-state index >= 15 is 0 Å². The van der Waals surface area contributed by atoms with Crippen molar-refractivity contribution in [3.63, 3.8) is 0 Å². The van der Waals surface area contributed by atoms with Crippen LogP contribution >= 0.6 is 0 Å². The minimum atomic E-state index is -3.66. The Morgan fingerprint density at radius 1 is 1.00 bits per heavy atom. The molecule has 1 heterocycles. The van der Waals surface area contributed by atoms with Crippen LogP contribution in [0, 0.1) is 0 Å². The molecule has 0 bridgehead atoms. The Labute approximate surface area is 218 Å². The number of hydrogen-bond acceptors (Lipinski definition) is 4. The van der Waals surface area contributed by atoms with Crippen molar-refractivity contribution in [1.29, 1.82) is 0 Å². The maximum absolute atomic E-state index is 13.5. The van der Waals surface area contributed by atoms with Gasteiger partial charge in [0.05, 0.1) is 10.6 Å². The Balaban J connectivity index is 1.29. The normalized spacial score (nSPS) is 17.2. The lowest BCUT2D eigenvalue weighted by molar-refractivity contribution is -0.141. The molecule has 8 heteroatoms. The number of carbonyl (C=O) groups excluding carboxylic acids is 2. The minimum Gasteiger partial charge on any atom is -0.352 e. The SMILES string of the molecule is CC(C(=O)NC1CCCC1)N(Cc1ccccc1)C(=O)CCCN1c2cccc3cccc(c23)S1(=O)=O. The lowest BCUT2D eigenvalue weighted by Crippen LogP contribution is -2.49. The molecule has 0 spiro atoms. The van der Waals surface area contributed by atoms with Crippen LogP contribution < -0.4 is 9.62 Å². The Bertz CT molecular complexity index is 1400. The van der Waals surface area contributed by atoms with E-state index in [1.54, 1.807) is 24.0 Å². The van der Waals surface area contributed by atoms with E-state index in [4.69, 9.17) is 0 Å². The summed E-state index contributed by atoms with van der Waals surface area (Å²) in [6.45, 7) is 2.29. The average Bonchev–Trinajstić information content (AvgIpc) is 3.49. The fourth-order valence-corrected chi connectivity index (χ4v) is 7.22. The van der Waals surface area contributed by atoms with Gasteiger partial charge in [0.25, 0.3) is 10.0 Å². The van der Waals surface area contributed by atoms with Crippen LogP contribution in [0.5, 0.6) is 0 Å². The molecule has 1 aliphatic heterocycles. The molecule has 3 aromatic rings. The van der Waals surface area contributed by atoms with Gasteiger partial charge in [-0.1, -0.05) is 67.4 Å². The number of nitrogens with one attached hydrogen (secondary N) is 1. The van der Waals surface area contributed by atoms with Crippen LogP contribution in [0.15, 0.2) is 71.6 Å². The fourth-order valence-electron chi connectivity index (χ4n) is 5.47. The fraction of sp³-hybridized carbons (Fsp3) is 0.379.